The number of nitrogens with zero attached hydrogens (tertiary/aromatic N) is 2. The summed E-state index contributed by atoms with van der Waals surface area (Å²) in [6, 6.07) is 0. The van der Waals surface area contributed by atoms with Crippen LogP contribution in [0.4, 0.5) is 0 Å². The third-order valence-corrected chi connectivity index (χ3v) is 3.63. The second-order valence-corrected chi connectivity index (χ2v) is 4.79. The van der Waals surface area contributed by atoms with Gasteiger partial charge in [-0.25, -0.2) is 4.98 Å². The van der Waals surface area contributed by atoms with Crippen LogP contribution in [0.15, 0.2) is 9.98 Å². The van der Waals surface area contributed by atoms with Gasteiger partial charge < -0.3 is 0 Å². The number of thiazole rings is 1. The predicted octanol–water partition coefficient (Wildman–Crippen LogP) is 3.20. The molecule has 0 N–H and O–H groups in total. The Morgan fingerprint density at radius 2 is 2.17 bits per heavy atom. The second kappa shape index (κ2) is 3.36. The average Bonchev–Trinajstić information content (AvgIpc) is 2.37. The Hall–Kier alpha value is -0.0600. The minimum atomic E-state index is 0. The lowest BCUT2D eigenvalue weighted by atomic mass is 10.5. The molecule has 0 fully saturated rings. The van der Waals surface area contributed by atoms with Crippen LogP contribution in [0.2, 0.25) is 0 Å². The van der Waals surface area contributed by atoms with Gasteiger partial charge in [0.25, 0.3) is 0 Å². The first-order valence-corrected chi connectivity index (χ1v) is 4.90. The lowest BCUT2D eigenvalue weighted by molar-refractivity contribution is 1.12. The molecule has 0 aliphatic heterocycles. The number of aromatic nitrogens is 2. The number of halogens is 2. The van der Waals surface area contributed by atoms with Crippen molar-refractivity contribution in [1.82, 2.24) is 9.38 Å². The Kier molecular flexibility index (Phi) is 2.81. The molecular formula is C7H8BrClN2S. The Bertz CT molecular complexity index is 407. The molecule has 0 aliphatic rings. The summed E-state index contributed by atoms with van der Waals surface area (Å²) in [5.41, 5.74) is 2.30. The summed E-state index contributed by atoms with van der Waals surface area (Å²) >= 11 is 5.14. The molecule has 2 heterocycles. The summed E-state index contributed by atoms with van der Waals surface area (Å²) in [5.74, 6) is 0. The Balaban J connectivity index is 0.000000720. The van der Waals surface area contributed by atoms with Crippen molar-refractivity contribution in [2.75, 3.05) is 0 Å². The van der Waals surface area contributed by atoms with E-state index in [1.807, 2.05) is 13.1 Å². The number of fused-ring (bicyclic) bond motifs is 1. The summed E-state index contributed by atoms with van der Waals surface area (Å²) in [5, 5.41) is 0. The Labute approximate surface area is 89.2 Å². The van der Waals surface area contributed by atoms with Crippen LogP contribution in [0.1, 0.15) is 11.4 Å². The molecule has 2 nitrogen and oxygen atoms in total. The van der Waals surface area contributed by atoms with E-state index in [1.165, 1.54) is 9.48 Å². The third-order valence-electron chi connectivity index (χ3n) is 1.62. The fourth-order valence-corrected chi connectivity index (χ4v) is 2.55. The summed E-state index contributed by atoms with van der Waals surface area (Å²) in [4.78, 5) is 5.41. The zero-order valence-electron chi connectivity index (χ0n) is 6.67. The summed E-state index contributed by atoms with van der Waals surface area (Å²) in [7, 11) is 0. The van der Waals surface area contributed by atoms with E-state index < -0.39 is 0 Å². The molecule has 2 rings (SSSR count). The van der Waals surface area contributed by atoms with Crippen LogP contribution >= 0.6 is 39.7 Å². The zero-order valence-corrected chi connectivity index (χ0v) is 9.89. The van der Waals surface area contributed by atoms with Crippen LogP contribution in [-0.2, 0) is 0 Å². The lowest BCUT2D eigenvalue weighted by Gasteiger charge is -1.86. The number of imidazole rings is 1. The van der Waals surface area contributed by atoms with Gasteiger partial charge in [-0.2, -0.15) is 0 Å². The van der Waals surface area contributed by atoms with Gasteiger partial charge in [0.1, 0.15) is 0 Å². The van der Waals surface area contributed by atoms with Gasteiger partial charge in [-0.05, 0) is 29.8 Å². The van der Waals surface area contributed by atoms with Gasteiger partial charge in [0.15, 0.2) is 4.96 Å². The normalized spacial score (nSPS) is 10.2. The Morgan fingerprint density at radius 1 is 1.50 bits per heavy atom. The van der Waals surface area contributed by atoms with Gasteiger partial charge in [-0.1, -0.05) is 11.3 Å². The Morgan fingerprint density at radius 3 is 2.75 bits per heavy atom. The van der Waals surface area contributed by atoms with Crippen molar-refractivity contribution >= 4 is 44.6 Å². The molecule has 0 saturated carbocycles. The SMILES string of the molecule is Cc1cn2c(C)c(Br)sc2n1.Cl. The molecule has 66 valence electrons. The maximum atomic E-state index is 4.35. The van der Waals surface area contributed by atoms with E-state index in [4.69, 9.17) is 0 Å². The van der Waals surface area contributed by atoms with Gasteiger partial charge >= 0.3 is 0 Å². The molecule has 0 aromatic carbocycles. The lowest BCUT2D eigenvalue weighted by Crippen LogP contribution is -1.79. The van der Waals surface area contributed by atoms with E-state index in [0.29, 0.717) is 0 Å². The zero-order chi connectivity index (χ0) is 8.01. The molecule has 0 bridgehead atoms. The van der Waals surface area contributed by atoms with Gasteiger partial charge in [-0.15, -0.1) is 12.4 Å². The molecule has 2 aromatic heterocycles. The predicted molar refractivity (Wildman–Crippen MR) is 57.5 cm³/mol. The van der Waals surface area contributed by atoms with Crippen molar-refractivity contribution in [3.63, 3.8) is 0 Å². The molecule has 0 unspecified atom stereocenters. The van der Waals surface area contributed by atoms with Gasteiger partial charge in [-0.3, -0.25) is 4.40 Å². The highest BCUT2D eigenvalue weighted by atomic mass is 79.9. The van der Waals surface area contributed by atoms with E-state index in [0.717, 1.165) is 10.7 Å². The number of aryl methyl sites for hydroxylation is 2. The van der Waals surface area contributed by atoms with Crippen molar-refractivity contribution in [3.8, 4) is 0 Å². The maximum absolute atomic E-state index is 4.35. The summed E-state index contributed by atoms with van der Waals surface area (Å²) in [6.45, 7) is 4.09. The molecular weight excluding hydrogens is 260 g/mol. The molecule has 0 spiro atoms. The largest absolute Gasteiger partial charge is 0.294 e. The third kappa shape index (κ3) is 1.39. The fraction of sp³-hybridized carbons (Fsp3) is 0.286. The second-order valence-electron chi connectivity index (χ2n) is 2.50. The highest BCUT2D eigenvalue weighted by Gasteiger charge is 2.06. The van der Waals surface area contributed by atoms with Crippen LogP contribution in [0.3, 0.4) is 0 Å². The molecule has 0 saturated heterocycles. The fourth-order valence-electron chi connectivity index (χ4n) is 1.04. The van der Waals surface area contributed by atoms with Crippen molar-refractivity contribution < 1.29 is 0 Å². The number of hydrogen-bond acceptors (Lipinski definition) is 2. The summed E-state index contributed by atoms with van der Waals surface area (Å²) in [6.07, 6.45) is 2.05. The molecule has 0 amide bonds. The molecule has 12 heavy (non-hydrogen) atoms. The minimum absolute atomic E-state index is 0. The van der Waals surface area contributed by atoms with Crippen LogP contribution in [-0.4, -0.2) is 9.38 Å². The van der Waals surface area contributed by atoms with E-state index in [-0.39, 0.29) is 12.4 Å². The molecule has 0 atom stereocenters. The maximum Gasteiger partial charge on any atom is 0.195 e. The van der Waals surface area contributed by atoms with Crippen LogP contribution in [0.5, 0.6) is 0 Å². The molecule has 5 heteroatoms. The van der Waals surface area contributed by atoms with Crippen molar-refractivity contribution in [2.45, 2.75) is 13.8 Å². The van der Waals surface area contributed by atoms with Crippen LogP contribution < -0.4 is 0 Å². The first-order valence-electron chi connectivity index (χ1n) is 3.29. The standard InChI is InChI=1S/C7H7BrN2S.ClH/c1-4-3-10-5(2)6(8)11-7(10)9-4;/h3H,1-2H3;1H. The first kappa shape index (κ1) is 10.0. The van der Waals surface area contributed by atoms with Gasteiger partial charge in [0, 0.05) is 11.9 Å². The van der Waals surface area contributed by atoms with Crippen molar-refractivity contribution in [2.24, 2.45) is 0 Å². The van der Waals surface area contributed by atoms with E-state index in [2.05, 4.69) is 32.2 Å². The molecule has 2 aromatic rings. The van der Waals surface area contributed by atoms with Crippen molar-refractivity contribution in [1.29, 1.82) is 0 Å². The highest BCUT2D eigenvalue weighted by Crippen LogP contribution is 2.27. The number of rotatable bonds is 0. The van der Waals surface area contributed by atoms with Gasteiger partial charge in [0.2, 0.25) is 0 Å². The quantitative estimate of drug-likeness (QED) is 0.716. The van der Waals surface area contributed by atoms with Gasteiger partial charge in [0.05, 0.1) is 9.48 Å². The van der Waals surface area contributed by atoms with Crippen molar-refractivity contribution in [3.05, 3.63) is 21.4 Å². The van der Waals surface area contributed by atoms with E-state index in [9.17, 15) is 0 Å². The van der Waals surface area contributed by atoms with E-state index >= 15 is 0 Å². The first-order chi connectivity index (χ1) is 5.18. The smallest absolute Gasteiger partial charge is 0.195 e. The monoisotopic (exact) mass is 266 g/mol. The van der Waals surface area contributed by atoms with Crippen LogP contribution in [0.25, 0.3) is 4.96 Å². The topological polar surface area (TPSA) is 17.3 Å². The summed E-state index contributed by atoms with van der Waals surface area (Å²) < 4.78 is 3.27. The average molecular weight is 268 g/mol. The minimum Gasteiger partial charge on any atom is -0.294 e. The number of hydrogen-bond donors (Lipinski definition) is 0. The molecule has 0 radical (unpaired) electrons. The van der Waals surface area contributed by atoms with E-state index in [1.54, 1.807) is 11.3 Å². The molecule has 0 aliphatic carbocycles. The highest BCUT2D eigenvalue weighted by molar-refractivity contribution is 9.11. The van der Waals surface area contributed by atoms with Crippen LogP contribution in [0, 0.1) is 13.8 Å².